The molecular formula is C17H27N3O5S. The van der Waals surface area contributed by atoms with E-state index < -0.39 is 22.0 Å². The van der Waals surface area contributed by atoms with E-state index in [2.05, 4.69) is 16.0 Å². The fourth-order valence-corrected chi connectivity index (χ4v) is 3.28. The summed E-state index contributed by atoms with van der Waals surface area (Å²) in [5.41, 5.74) is 0.905. The van der Waals surface area contributed by atoms with Crippen molar-refractivity contribution < 1.29 is 23.1 Å². The lowest BCUT2D eigenvalue weighted by atomic mass is 10.1. The van der Waals surface area contributed by atoms with Crippen molar-refractivity contribution in [3.05, 3.63) is 29.8 Å². The molecule has 4 N–H and O–H groups in total. The Bertz CT molecular complexity index is 706. The van der Waals surface area contributed by atoms with Gasteiger partial charge in [-0.25, -0.2) is 13.2 Å². The van der Waals surface area contributed by atoms with E-state index in [1.165, 1.54) is 6.26 Å². The lowest BCUT2D eigenvalue weighted by Gasteiger charge is -2.19. The number of aliphatic hydroxyl groups is 1. The molecule has 1 saturated heterocycles. The molecule has 0 aromatic heterocycles. The van der Waals surface area contributed by atoms with Gasteiger partial charge in [0.25, 0.3) is 0 Å². The van der Waals surface area contributed by atoms with Crippen molar-refractivity contribution in [3.8, 4) is 0 Å². The quantitative estimate of drug-likeness (QED) is 0.526. The Balaban J connectivity index is 1.79. The summed E-state index contributed by atoms with van der Waals surface area (Å²) in [6.07, 6.45) is -0.0510. The number of ether oxygens (including phenoxy) is 1. The van der Waals surface area contributed by atoms with Gasteiger partial charge < -0.3 is 25.8 Å². The standard InChI is InChI=1S/C17H27N3O5S/c1-11(2)20-17(22)19-9-15-16(21)14(10-25-15)18-8-12-4-6-13(7-5-12)26(3,23)24/h4-7,11,14-16,18,21H,8-10H2,1-3H3,(H2,19,20,22)/t14-,15-,16+/m1/s1. The van der Waals surface area contributed by atoms with Gasteiger partial charge in [0.2, 0.25) is 0 Å². The summed E-state index contributed by atoms with van der Waals surface area (Å²) < 4.78 is 28.5. The van der Waals surface area contributed by atoms with E-state index >= 15 is 0 Å². The van der Waals surface area contributed by atoms with E-state index in [1.54, 1.807) is 24.3 Å². The Morgan fingerprint density at radius 1 is 1.31 bits per heavy atom. The zero-order chi connectivity index (χ0) is 19.3. The molecule has 1 aliphatic rings. The zero-order valence-electron chi connectivity index (χ0n) is 15.2. The van der Waals surface area contributed by atoms with Gasteiger partial charge in [-0.05, 0) is 31.5 Å². The summed E-state index contributed by atoms with van der Waals surface area (Å²) in [6, 6.07) is 6.08. The van der Waals surface area contributed by atoms with Crippen molar-refractivity contribution in [1.82, 2.24) is 16.0 Å². The number of carbonyl (C=O) groups excluding carboxylic acids is 1. The van der Waals surface area contributed by atoms with Crippen LogP contribution in [0.2, 0.25) is 0 Å². The van der Waals surface area contributed by atoms with Crippen LogP contribution in [-0.2, 0) is 21.1 Å². The van der Waals surface area contributed by atoms with Gasteiger partial charge in [0.1, 0.15) is 6.10 Å². The highest BCUT2D eigenvalue weighted by Gasteiger charge is 2.35. The summed E-state index contributed by atoms with van der Waals surface area (Å²) in [5, 5.41) is 18.9. The third-order valence-electron chi connectivity index (χ3n) is 4.09. The molecule has 0 bridgehead atoms. The van der Waals surface area contributed by atoms with Gasteiger partial charge in [-0.3, -0.25) is 0 Å². The van der Waals surface area contributed by atoms with Crippen molar-refractivity contribution in [2.75, 3.05) is 19.4 Å². The average molecular weight is 385 g/mol. The second-order valence-electron chi connectivity index (χ2n) is 6.77. The van der Waals surface area contributed by atoms with E-state index in [-0.39, 0.29) is 29.6 Å². The number of nitrogens with one attached hydrogen (secondary N) is 3. The smallest absolute Gasteiger partial charge is 0.315 e. The molecule has 1 aliphatic heterocycles. The van der Waals surface area contributed by atoms with Crippen LogP contribution in [0.15, 0.2) is 29.2 Å². The van der Waals surface area contributed by atoms with Crippen LogP contribution in [0.3, 0.4) is 0 Å². The molecule has 0 radical (unpaired) electrons. The van der Waals surface area contributed by atoms with E-state index in [9.17, 15) is 18.3 Å². The molecule has 8 nitrogen and oxygen atoms in total. The highest BCUT2D eigenvalue weighted by atomic mass is 32.2. The third kappa shape index (κ3) is 5.94. The van der Waals surface area contributed by atoms with Gasteiger partial charge in [-0.15, -0.1) is 0 Å². The fraction of sp³-hybridized carbons (Fsp3) is 0.588. The summed E-state index contributed by atoms with van der Waals surface area (Å²) >= 11 is 0. The number of rotatable bonds is 7. The topological polar surface area (TPSA) is 117 Å². The van der Waals surface area contributed by atoms with Crippen LogP contribution in [0.25, 0.3) is 0 Å². The van der Waals surface area contributed by atoms with Crippen LogP contribution < -0.4 is 16.0 Å². The molecule has 0 saturated carbocycles. The Morgan fingerprint density at radius 2 is 1.96 bits per heavy atom. The van der Waals surface area contributed by atoms with Gasteiger partial charge in [0.15, 0.2) is 9.84 Å². The fourth-order valence-electron chi connectivity index (χ4n) is 2.65. The van der Waals surface area contributed by atoms with Gasteiger partial charge in [-0.2, -0.15) is 0 Å². The normalized spacial score (nSPS) is 23.2. The van der Waals surface area contributed by atoms with Crippen molar-refractivity contribution >= 4 is 15.9 Å². The summed E-state index contributed by atoms with van der Waals surface area (Å²) in [6.45, 7) is 4.76. The molecule has 2 amide bonds. The predicted molar refractivity (Wildman–Crippen MR) is 97.6 cm³/mol. The van der Waals surface area contributed by atoms with E-state index in [4.69, 9.17) is 4.74 Å². The molecule has 0 aliphatic carbocycles. The average Bonchev–Trinajstić information content (AvgIpc) is 2.90. The number of urea groups is 1. The number of sulfone groups is 1. The lowest BCUT2D eigenvalue weighted by Crippen LogP contribution is -2.47. The zero-order valence-corrected chi connectivity index (χ0v) is 16.0. The molecule has 146 valence electrons. The second-order valence-corrected chi connectivity index (χ2v) is 8.79. The highest BCUT2D eigenvalue weighted by Crippen LogP contribution is 2.15. The SMILES string of the molecule is CC(C)NC(=O)NC[C@H]1OC[C@@H](NCc2ccc(S(C)(=O)=O)cc2)[C@@H]1O. The van der Waals surface area contributed by atoms with Crippen LogP contribution in [0, 0.1) is 0 Å². The first kappa shape index (κ1) is 20.6. The number of hydrogen-bond donors (Lipinski definition) is 4. The largest absolute Gasteiger partial charge is 0.389 e. The highest BCUT2D eigenvalue weighted by molar-refractivity contribution is 7.90. The first-order valence-electron chi connectivity index (χ1n) is 8.53. The van der Waals surface area contributed by atoms with Crippen molar-refractivity contribution in [2.24, 2.45) is 0 Å². The van der Waals surface area contributed by atoms with E-state index in [0.29, 0.717) is 13.2 Å². The van der Waals surface area contributed by atoms with Crippen LogP contribution >= 0.6 is 0 Å². The molecular weight excluding hydrogens is 358 g/mol. The monoisotopic (exact) mass is 385 g/mol. The van der Waals surface area contributed by atoms with Crippen molar-refractivity contribution in [2.45, 2.75) is 49.6 Å². The van der Waals surface area contributed by atoms with Crippen LogP contribution in [0.5, 0.6) is 0 Å². The lowest BCUT2D eigenvalue weighted by molar-refractivity contribution is 0.0425. The molecule has 1 aromatic rings. The second kappa shape index (κ2) is 8.81. The first-order chi connectivity index (χ1) is 12.2. The minimum Gasteiger partial charge on any atom is -0.389 e. The first-order valence-corrected chi connectivity index (χ1v) is 10.4. The minimum absolute atomic E-state index is 0.0351. The maximum Gasteiger partial charge on any atom is 0.315 e. The van der Waals surface area contributed by atoms with Crippen LogP contribution in [-0.4, -0.2) is 63.3 Å². The molecule has 3 atom stereocenters. The van der Waals surface area contributed by atoms with Crippen LogP contribution in [0.4, 0.5) is 4.79 Å². The Hall–Kier alpha value is -1.68. The Labute approximate surface area is 154 Å². The van der Waals surface area contributed by atoms with Crippen molar-refractivity contribution in [3.63, 3.8) is 0 Å². The minimum atomic E-state index is -3.21. The summed E-state index contributed by atoms with van der Waals surface area (Å²) in [7, 11) is -3.21. The van der Waals surface area contributed by atoms with Gasteiger partial charge in [0.05, 0.1) is 23.6 Å². The van der Waals surface area contributed by atoms with E-state index in [1.807, 2.05) is 13.8 Å². The molecule has 9 heteroatoms. The van der Waals surface area contributed by atoms with Crippen LogP contribution in [0.1, 0.15) is 19.4 Å². The molecule has 1 aromatic carbocycles. The van der Waals surface area contributed by atoms with Gasteiger partial charge in [-0.1, -0.05) is 12.1 Å². The molecule has 26 heavy (non-hydrogen) atoms. The Morgan fingerprint density at radius 3 is 2.54 bits per heavy atom. The molecule has 0 unspecified atom stereocenters. The number of carbonyl (C=O) groups is 1. The maximum atomic E-state index is 11.6. The Kier molecular flexibility index (Phi) is 6.99. The van der Waals surface area contributed by atoms with E-state index in [0.717, 1.165) is 5.56 Å². The third-order valence-corrected chi connectivity index (χ3v) is 5.21. The van der Waals surface area contributed by atoms with Crippen molar-refractivity contribution in [1.29, 1.82) is 0 Å². The molecule has 0 spiro atoms. The molecule has 2 rings (SSSR count). The summed E-state index contributed by atoms with van der Waals surface area (Å²) in [4.78, 5) is 11.9. The number of aliphatic hydroxyl groups excluding tert-OH is 1. The predicted octanol–water partition coefficient (Wildman–Crippen LogP) is 0.0156. The number of amides is 2. The molecule has 1 heterocycles. The number of benzene rings is 1. The number of hydrogen-bond acceptors (Lipinski definition) is 6. The van der Waals surface area contributed by atoms with Gasteiger partial charge >= 0.3 is 6.03 Å². The van der Waals surface area contributed by atoms with Gasteiger partial charge in [0, 0.05) is 25.4 Å². The maximum absolute atomic E-state index is 11.6. The molecule has 1 fully saturated rings. The summed E-state index contributed by atoms with van der Waals surface area (Å²) in [5.74, 6) is 0.